The molecule has 5 nitrogen and oxygen atoms in total. The van der Waals surface area contributed by atoms with E-state index >= 15 is 0 Å². The summed E-state index contributed by atoms with van der Waals surface area (Å²) in [4.78, 5) is 0.203. The summed E-state index contributed by atoms with van der Waals surface area (Å²) in [5.74, 6) is 1.33. The van der Waals surface area contributed by atoms with Crippen LogP contribution in [0.3, 0.4) is 0 Å². The molecule has 1 aromatic rings. The summed E-state index contributed by atoms with van der Waals surface area (Å²) in [6, 6.07) is 4.99. The van der Waals surface area contributed by atoms with Gasteiger partial charge in [-0.3, -0.25) is 0 Å². The smallest absolute Gasteiger partial charge is 0.246 e. The highest BCUT2D eigenvalue weighted by atomic mass is 32.2. The Kier molecular flexibility index (Phi) is 5.69. The van der Waals surface area contributed by atoms with Crippen molar-refractivity contribution in [1.29, 1.82) is 0 Å². The predicted octanol–water partition coefficient (Wildman–Crippen LogP) is 2.90. The van der Waals surface area contributed by atoms with Crippen LogP contribution in [0.2, 0.25) is 0 Å². The number of benzene rings is 1. The number of hydrogen-bond donors (Lipinski definition) is 0. The van der Waals surface area contributed by atoms with Crippen molar-refractivity contribution in [2.45, 2.75) is 38.5 Å². The monoisotopic (exact) mass is 327 g/mol. The highest BCUT2D eigenvalue weighted by Gasteiger charge is 2.31. The minimum absolute atomic E-state index is 0.203. The normalized spacial score (nSPS) is 19.9. The lowest BCUT2D eigenvalue weighted by Crippen LogP contribution is -2.39. The molecule has 1 heterocycles. The van der Waals surface area contributed by atoms with Gasteiger partial charge in [-0.15, -0.1) is 0 Å². The molecule has 0 aliphatic carbocycles. The van der Waals surface area contributed by atoms with E-state index < -0.39 is 10.0 Å². The first kappa shape index (κ1) is 17.1. The van der Waals surface area contributed by atoms with Crippen LogP contribution in [0, 0.1) is 5.92 Å². The van der Waals surface area contributed by atoms with E-state index in [1.165, 1.54) is 0 Å². The second kappa shape index (κ2) is 7.33. The number of piperidine rings is 1. The number of nitrogens with zero attached hydrogens (tertiary/aromatic N) is 1. The van der Waals surface area contributed by atoms with Gasteiger partial charge in [0.25, 0.3) is 0 Å². The Morgan fingerprint density at radius 2 is 1.95 bits per heavy atom. The molecular weight excluding hydrogens is 302 g/mol. The van der Waals surface area contributed by atoms with Crippen LogP contribution < -0.4 is 9.47 Å². The van der Waals surface area contributed by atoms with Gasteiger partial charge in [-0.2, -0.15) is 4.31 Å². The van der Waals surface area contributed by atoms with Crippen molar-refractivity contribution >= 4 is 10.0 Å². The second-order valence-electron chi connectivity index (χ2n) is 5.59. The maximum absolute atomic E-state index is 13.0. The summed E-state index contributed by atoms with van der Waals surface area (Å²) in [5.41, 5.74) is 0. The van der Waals surface area contributed by atoms with Gasteiger partial charge in [-0.25, -0.2) is 8.42 Å². The molecule has 0 unspecified atom stereocenters. The molecule has 0 N–H and O–H groups in total. The van der Waals surface area contributed by atoms with Crippen molar-refractivity contribution < 1.29 is 17.9 Å². The van der Waals surface area contributed by atoms with E-state index in [-0.39, 0.29) is 4.90 Å². The largest absolute Gasteiger partial charge is 0.494 e. The lowest BCUT2D eigenvalue weighted by molar-refractivity contribution is 0.278. The van der Waals surface area contributed by atoms with Crippen LogP contribution in [0.15, 0.2) is 23.1 Å². The van der Waals surface area contributed by atoms with Crippen molar-refractivity contribution in [1.82, 2.24) is 4.31 Å². The Hall–Kier alpha value is -1.27. The molecule has 0 radical (unpaired) electrons. The van der Waals surface area contributed by atoms with E-state index in [4.69, 9.17) is 9.47 Å². The van der Waals surface area contributed by atoms with Gasteiger partial charge in [0.15, 0.2) is 0 Å². The van der Waals surface area contributed by atoms with Gasteiger partial charge in [-0.1, -0.05) is 6.92 Å². The van der Waals surface area contributed by atoms with Gasteiger partial charge in [0, 0.05) is 19.2 Å². The molecule has 1 aromatic carbocycles. The molecule has 0 bridgehead atoms. The molecule has 1 atom stereocenters. The number of hydrogen-bond acceptors (Lipinski definition) is 4. The van der Waals surface area contributed by atoms with Gasteiger partial charge in [0.2, 0.25) is 10.0 Å². The average Bonchev–Trinajstić information content (AvgIpc) is 2.49. The Labute approximate surface area is 133 Å². The maximum atomic E-state index is 13.0. The summed E-state index contributed by atoms with van der Waals surface area (Å²) < 4.78 is 38.5. The van der Waals surface area contributed by atoms with Crippen LogP contribution >= 0.6 is 0 Å². The topological polar surface area (TPSA) is 55.8 Å². The molecule has 1 fully saturated rings. The zero-order valence-corrected chi connectivity index (χ0v) is 14.4. The minimum Gasteiger partial charge on any atom is -0.494 e. The molecule has 0 amide bonds. The molecule has 6 heteroatoms. The number of sulfonamides is 1. The number of rotatable bonds is 6. The molecule has 1 aliphatic rings. The Balaban J connectivity index is 2.40. The Bertz CT molecular complexity index is 600. The van der Waals surface area contributed by atoms with Crippen LogP contribution in [-0.2, 0) is 10.0 Å². The summed E-state index contributed by atoms with van der Waals surface area (Å²) in [7, 11) is -3.56. The highest BCUT2D eigenvalue weighted by molar-refractivity contribution is 7.89. The van der Waals surface area contributed by atoms with E-state index in [0.717, 1.165) is 12.8 Å². The SMILES string of the molecule is CCOc1ccc(OCC)c(S(=O)(=O)N2CCC[C@@H](C)C2)c1. The van der Waals surface area contributed by atoms with E-state index in [2.05, 4.69) is 6.92 Å². The molecule has 0 saturated carbocycles. The van der Waals surface area contributed by atoms with Crippen molar-refractivity contribution in [3.8, 4) is 11.5 Å². The highest BCUT2D eigenvalue weighted by Crippen LogP contribution is 2.32. The first-order valence-corrected chi connectivity index (χ1v) is 9.32. The zero-order valence-electron chi connectivity index (χ0n) is 13.5. The van der Waals surface area contributed by atoms with E-state index in [1.54, 1.807) is 22.5 Å². The maximum Gasteiger partial charge on any atom is 0.246 e. The molecule has 22 heavy (non-hydrogen) atoms. The van der Waals surface area contributed by atoms with Crippen LogP contribution in [0.4, 0.5) is 0 Å². The van der Waals surface area contributed by atoms with Crippen LogP contribution in [0.5, 0.6) is 11.5 Å². The third-order valence-corrected chi connectivity index (χ3v) is 5.65. The quantitative estimate of drug-likeness (QED) is 0.806. The lowest BCUT2D eigenvalue weighted by Gasteiger charge is -2.30. The molecule has 124 valence electrons. The fourth-order valence-corrected chi connectivity index (χ4v) is 4.47. The summed E-state index contributed by atoms with van der Waals surface area (Å²) >= 11 is 0. The van der Waals surface area contributed by atoms with Crippen molar-refractivity contribution in [3.05, 3.63) is 18.2 Å². The Morgan fingerprint density at radius 1 is 1.23 bits per heavy atom. The fraction of sp³-hybridized carbons (Fsp3) is 0.625. The minimum atomic E-state index is -3.56. The van der Waals surface area contributed by atoms with Crippen LogP contribution in [0.25, 0.3) is 0 Å². The van der Waals surface area contributed by atoms with Gasteiger partial charge < -0.3 is 9.47 Å². The fourth-order valence-electron chi connectivity index (χ4n) is 2.72. The first-order valence-electron chi connectivity index (χ1n) is 7.88. The average molecular weight is 327 g/mol. The number of ether oxygens (including phenoxy) is 2. The summed E-state index contributed by atoms with van der Waals surface area (Å²) in [6.07, 6.45) is 1.97. The van der Waals surface area contributed by atoms with Crippen LogP contribution in [0.1, 0.15) is 33.6 Å². The molecule has 1 aliphatic heterocycles. The van der Waals surface area contributed by atoms with Gasteiger partial charge in [0.1, 0.15) is 16.4 Å². The van der Waals surface area contributed by atoms with Crippen molar-refractivity contribution in [3.63, 3.8) is 0 Å². The van der Waals surface area contributed by atoms with E-state index in [1.807, 2.05) is 13.8 Å². The van der Waals surface area contributed by atoms with E-state index in [0.29, 0.717) is 43.7 Å². The standard InChI is InChI=1S/C16H25NO4S/c1-4-20-14-8-9-15(21-5-2)16(11-14)22(18,19)17-10-6-7-13(3)12-17/h8-9,11,13H,4-7,10,12H2,1-3H3/t13-/m1/s1. The molecular formula is C16H25NO4S. The van der Waals surface area contributed by atoms with Crippen molar-refractivity contribution in [2.75, 3.05) is 26.3 Å². The molecule has 0 aromatic heterocycles. The van der Waals surface area contributed by atoms with E-state index in [9.17, 15) is 8.42 Å². The predicted molar refractivity (Wildman–Crippen MR) is 85.9 cm³/mol. The van der Waals surface area contributed by atoms with Gasteiger partial charge in [0.05, 0.1) is 13.2 Å². The van der Waals surface area contributed by atoms with Crippen molar-refractivity contribution in [2.24, 2.45) is 5.92 Å². The lowest BCUT2D eigenvalue weighted by atomic mass is 10.0. The Morgan fingerprint density at radius 3 is 2.59 bits per heavy atom. The van der Waals surface area contributed by atoms with Crippen LogP contribution in [-0.4, -0.2) is 39.0 Å². The molecule has 0 spiro atoms. The first-order chi connectivity index (χ1) is 10.5. The summed E-state index contributed by atoms with van der Waals surface area (Å²) in [6.45, 7) is 7.85. The second-order valence-corrected chi connectivity index (χ2v) is 7.49. The van der Waals surface area contributed by atoms with Gasteiger partial charge >= 0.3 is 0 Å². The zero-order chi connectivity index (χ0) is 16.2. The molecule has 2 rings (SSSR count). The third kappa shape index (κ3) is 3.73. The molecule has 1 saturated heterocycles. The third-order valence-electron chi connectivity index (χ3n) is 3.76. The van der Waals surface area contributed by atoms with Gasteiger partial charge in [-0.05, 0) is 44.7 Å². The summed E-state index contributed by atoms with van der Waals surface area (Å²) in [5, 5.41) is 0.